The molecule has 1 aromatic carbocycles. The third-order valence-electron chi connectivity index (χ3n) is 4.45. The molecule has 2 aliphatic rings. The Bertz CT molecular complexity index is 761. The van der Waals surface area contributed by atoms with Crippen LogP contribution in [0.15, 0.2) is 24.4 Å². The fourth-order valence-electron chi connectivity index (χ4n) is 3.01. The molecule has 2 aromatic rings. The van der Waals surface area contributed by atoms with Crippen molar-refractivity contribution in [3.63, 3.8) is 0 Å². The highest BCUT2D eigenvalue weighted by Crippen LogP contribution is 2.37. The number of benzene rings is 1. The van der Waals surface area contributed by atoms with Gasteiger partial charge in [0.05, 0.1) is 6.20 Å². The molecule has 0 saturated carbocycles. The van der Waals surface area contributed by atoms with Crippen LogP contribution in [0.4, 0.5) is 0 Å². The lowest BCUT2D eigenvalue weighted by Crippen LogP contribution is -2.48. The number of rotatable bonds is 3. The van der Waals surface area contributed by atoms with E-state index in [1.54, 1.807) is 6.20 Å². The molecular weight excluding hydrogens is 326 g/mol. The first-order valence-corrected chi connectivity index (χ1v) is 8.90. The Balaban J connectivity index is 1.49. The Morgan fingerprint density at radius 1 is 1.38 bits per heavy atom. The van der Waals surface area contributed by atoms with Crippen LogP contribution in [0.3, 0.4) is 0 Å². The van der Waals surface area contributed by atoms with E-state index in [9.17, 15) is 4.79 Å². The fraction of sp³-hybridized carbons (Fsp3) is 0.412. The van der Waals surface area contributed by atoms with Crippen LogP contribution in [0, 0.1) is 5.92 Å². The first-order valence-electron chi connectivity index (χ1n) is 8.08. The molecule has 0 aliphatic carbocycles. The largest absolute Gasteiger partial charge is 0.454 e. The number of amides is 1. The molecule has 2 atom stereocenters. The number of aromatic nitrogens is 1. The van der Waals surface area contributed by atoms with E-state index in [0.29, 0.717) is 10.8 Å². The van der Waals surface area contributed by atoms with Crippen molar-refractivity contribution in [2.45, 2.75) is 19.4 Å². The Morgan fingerprint density at radius 2 is 2.25 bits per heavy atom. The minimum atomic E-state index is -0.0433. The van der Waals surface area contributed by atoms with Crippen molar-refractivity contribution < 1.29 is 14.3 Å². The number of nitrogens with zero attached hydrogens (tertiary/aromatic N) is 1. The predicted molar refractivity (Wildman–Crippen MR) is 91.6 cm³/mol. The molecule has 0 radical (unpaired) electrons. The summed E-state index contributed by atoms with van der Waals surface area (Å²) in [6.07, 6.45) is 2.60. The Morgan fingerprint density at radius 3 is 3.12 bits per heavy atom. The van der Waals surface area contributed by atoms with Crippen LogP contribution < -0.4 is 20.1 Å². The van der Waals surface area contributed by atoms with Crippen molar-refractivity contribution in [2.75, 3.05) is 19.9 Å². The summed E-state index contributed by atoms with van der Waals surface area (Å²) in [6, 6.07) is 5.92. The molecule has 4 rings (SSSR count). The molecule has 1 saturated heterocycles. The van der Waals surface area contributed by atoms with E-state index in [1.807, 2.05) is 18.2 Å². The van der Waals surface area contributed by atoms with Gasteiger partial charge in [-0.1, -0.05) is 6.92 Å². The summed E-state index contributed by atoms with van der Waals surface area (Å²) >= 11 is 1.39. The topological polar surface area (TPSA) is 72.5 Å². The van der Waals surface area contributed by atoms with Crippen molar-refractivity contribution in [3.8, 4) is 22.1 Å². The number of hydrogen-bond acceptors (Lipinski definition) is 6. The second kappa shape index (κ2) is 6.41. The number of carbonyl (C=O) groups excluding carboxylic acids is 1. The number of fused-ring (bicyclic) bond motifs is 1. The predicted octanol–water partition coefficient (Wildman–Crippen LogP) is 2.27. The van der Waals surface area contributed by atoms with Crippen LogP contribution in [-0.2, 0) is 0 Å². The van der Waals surface area contributed by atoms with Gasteiger partial charge in [-0.25, -0.2) is 4.98 Å². The lowest BCUT2D eigenvalue weighted by molar-refractivity contribution is 0.0918. The SMILES string of the molecule is CC1CNCCC1NC(=O)c1cnc(-c2ccc3c(c2)OCO3)s1. The van der Waals surface area contributed by atoms with Gasteiger partial charge >= 0.3 is 0 Å². The van der Waals surface area contributed by atoms with Crippen molar-refractivity contribution >= 4 is 17.2 Å². The molecule has 0 bridgehead atoms. The number of ether oxygens (including phenoxy) is 2. The van der Waals surface area contributed by atoms with Crippen molar-refractivity contribution in [2.24, 2.45) is 5.92 Å². The zero-order chi connectivity index (χ0) is 16.5. The van der Waals surface area contributed by atoms with E-state index >= 15 is 0 Å². The smallest absolute Gasteiger partial charge is 0.263 e. The van der Waals surface area contributed by atoms with Gasteiger partial charge < -0.3 is 20.1 Å². The summed E-state index contributed by atoms with van der Waals surface area (Å²) in [7, 11) is 0. The monoisotopic (exact) mass is 345 g/mol. The number of thiazole rings is 1. The molecule has 2 N–H and O–H groups in total. The van der Waals surface area contributed by atoms with Gasteiger partial charge in [0.1, 0.15) is 9.88 Å². The average Bonchev–Trinajstić information content (AvgIpc) is 3.25. The van der Waals surface area contributed by atoms with E-state index in [4.69, 9.17) is 9.47 Å². The average molecular weight is 345 g/mol. The normalized spacial score (nSPS) is 22.4. The summed E-state index contributed by atoms with van der Waals surface area (Å²) in [5, 5.41) is 7.28. The summed E-state index contributed by atoms with van der Waals surface area (Å²) in [5.41, 5.74) is 0.929. The van der Waals surface area contributed by atoms with Crippen LogP contribution in [0.5, 0.6) is 11.5 Å². The van der Waals surface area contributed by atoms with Crippen molar-refractivity contribution in [3.05, 3.63) is 29.3 Å². The molecule has 2 aliphatic heterocycles. The lowest BCUT2D eigenvalue weighted by atomic mass is 9.95. The van der Waals surface area contributed by atoms with Gasteiger partial charge in [-0.2, -0.15) is 0 Å². The number of piperidine rings is 1. The third kappa shape index (κ3) is 2.97. The second-order valence-corrected chi connectivity index (χ2v) is 7.18. The van der Waals surface area contributed by atoms with Gasteiger partial charge in [-0.15, -0.1) is 11.3 Å². The van der Waals surface area contributed by atoms with Gasteiger partial charge in [-0.3, -0.25) is 4.79 Å². The molecule has 126 valence electrons. The Kier molecular flexibility index (Phi) is 4.12. The number of carbonyl (C=O) groups is 1. The standard InChI is InChI=1S/C17H19N3O3S/c1-10-7-18-5-4-12(10)20-16(21)15-8-19-17(24-15)11-2-3-13-14(6-11)23-9-22-13/h2-3,6,8,10,12,18H,4-5,7,9H2,1H3,(H,20,21). The quantitative estimate of drug-likeness (QED) is 0.893. The number of hydrogen-bond donors (Lipinski definition) is 2. The molecule has 3 heterocycles. The van der Waals surface area contributed by atoms with Crippen LogP contribution in [-0.4, -0.2) is 36.8 Å². The molecule has 6 nitrogen and oxygen atoms in total. The summed E-state index contributed by atoms with van der Waals surface area (Å²) in [6.45, 7) is 4.29. The highest BCUT2D eigenvalue weighted by molar-refractivity contribution is 7.16. The number of nitrogens with one attached hydrogen (secondary N) is 2. The molecule has 1 fully saturated rings. The maximum atomic E-state index is 12.5. The lowest BCUT2D eigenvalue weighted by Gasteiger charge is -2.29. The first-order chi connectivity index (χ1) is 11.7. The van der Waals surface area contributed by atoms with Crippen LogP contribution in [0.2, 0.25) is 0 Å². The van der Waals surface area contributed by atoms with Gasteiger partial charge in [0.2, 0.25) is 6.79 Å². The highest BCUT2D eigenvalue weighted by Gasteiger charge is 2.24. The van der Waals surface area contributed by atoms with Gasteiger partial charge in [0.25, 0.3) is 5.91 Å². The Labute approximate surface area is 144 Å². The second-order valence-electron chi connectivity index (χ2n) is 6.15. The zero-order valence-electron chi connectivity index (χ0n) is 13.4. The van der Waals surface area contributed by atoms with Crippen LogP contribution in [0.1, 0.15) is 23.0 Å². The van der Waals surface area contributed by atoms with E-state index < -0.39 is 0 Å². The molecule has 7 heteroatoms. The first kappa shape index (κ1) is 15.4. The fourth-order valence-corrected chi connectivity index (χ4v) is 3.83. The zero-order valence-corrected chi connectivity index (χ0v) is 14.2. The van der Waals surface area contributed by atoms with Crippen molar-refractivity contribution in [1.29, 1.82) is 0 Å². The third-order valence-corrected chi connectivity index (χ3v) is 5.50. The molecule has 24 heavy (non-hydrogen) atoms. The van der Waals surface area contributed by atoms with Gasteiger partial charge in [0, 0.05) is 11.6 Å². The summed E-state index contributed by atoms with van der Waals surface area (Å²) in [5.74, 6) is 1.85. The maximum Gasteiger partial charge on any atom is 0.263 e. The van der Waals surface area contributed by atoms with E-state index in [2.05, 4.69) is 22.5 Å². The van der Waals surface area contributed by atoms with E-state index in [1.165, 1.54) is 11.3 Å². The Hall–Kier alpha value is -2.12. The van der Waals surface area contributed by atoms with Crippen LogP contribution >= 0.6 is 11.3 Å². The van der Waals surface area contributed by atoms with E-state index in [0.717, 1.165) is 41.6 Å². The van der Waals surface area contributed by atoms with Gasteiger partial charge in [0.15, 0.2) is 11.5 Å². The molecule has 2 unspecified atom stereocenters. The molecular formula is C17H19N3O3S. The molecule has 1 amide bonds. The van der Waals surface area contributed by atoms with Crippen molar-refractivity contribution in [1.82, 2.24) is 15.6 Å². The maximum absolute atomic E-state index is 12.5. The van der Waals surface area contributed by atoms with Crippen LogP contribution in [0.25, 0.3) is 10.6 Å². The van der Waals surface area contributed by atoms with E-state index in [-0.39, 0.29) is 18.7 Å². The minimum Gasteiger partial charge on any atom is -0.454 e. The van der Waals surface area contributed by atoms with Gasteiger partial charge in [-0.05, 0) is 43.6 Å². The molecule has 1 aromatic heterocycles. The minimum absolute atomic E-state index is 0.0433. The summed E-state index contributed by atoms with van der Waals surface area (Å²) in [4.78, 5) is 17.5. The summed E-state index contributed by atoms with van der Waals surface area (Å²) < 4.78 is 10.7. The molecule has 0 spiro atoms. The highest BCUT2D eigenvalue weighted by atomic mass is 32.1.